The van der Waals surface area contributed by atoms with Crippen LogP contribution in [0.2, 0.25) is 0 Å². The van der Waals surface area contributed by atoms with Crippen molar-refractivity contribution in [2.45, 2.75) is 33.2 Å². The topological polar surface area (TPSA) is 53.9 Å². The van der Waals surface area contributed by atoms with Crippen molar-refractivity contribution >= 4 is 27.9 Å². The lowest BCUT2D eigenvalue weighted by molar-refractivity contribution is -0.149. The molecule has 24 heavy (non-hydrogen) atoms. The number of esters is 1. The predicted molar refractivity (Wildman–Crippen MR) is 99.9 cm³/mol. The number of nitrogens with one attached hydrogen (secondary N) is 1. The van der Waals surface area contributed by atoms with Gasteiger partial charge in [0.15, 0.2) is 5.96 Å². The number of piperidine rings is 1. The number of halogens is 1. The van der Waals surface area contributed by atoms with E-state index < -0.39 is 0 Å². The van der Waals surface area contributed by atoms with Crippen LogP contribution in [0.3, 0.4) is 0 Å². The van der Waals surface area contributed by atoms with Crippen LogP contribution >= 0.6 is 15.9 Å². The van der Waals surface area contributed by atoms with Gasteiger partial charge in [-0.1, -0.05) is 28.1 Å². The maximum atomic E-state index is 11.9. The molecule has 0 unspecified atom stereocenters. The minimum absolute atomic E-state index is 0.0224. The molecule has 1 aliphatic heterocycles. The van der Waals surface area contributed by atoms with Gasteiger partial charge >= 0.3 is 5.97 Å². The SMILES string of the molecule is CCNC(=NCc1cccc(Br)c1)N1CCC(C(=O)OCC)CC1. The Balaban J connectivity index is 1.95. The first-order chi connectivity index (χ1) is 11.6. The number of hydrogen-bond donors (Lipinski definition) is 1. The van der Waals surface area contributed by atoms with Gasteiger partial charge in [0.25, 0.3) is 0 Å². The van der Waals surface area contributed by atoms with E-state index in [4.69, 9.17) is 9.73 Å². The zero-order valence-electron chi connectivity index (χ0n) is 14.4. The minimum Gasteiger partial charge on any atom is -0.466 e. The zero-order valence-corrected chi connectivity index (χ0v) is 16.0. The second kappa shape index (κ2) is 9.67. The van der Waals surface area contributed by atoms with Gasteiger partial charge in [-0.15, -0.1) is 0 Å². The summed E-state index contributed by atoms with van der Waals surface area (Å²) in [6, 6.07) is 8.19. The first-order valence-corrected chi connectivity index (χ1v) is 9.37. The molecule has 1 aromatic carbocycles. The fourth-order valence-electron chi connectivity index (χ4n) is 2.81. The van der Waals surface area contributed by atoms with E-state index in [0.29, 0.717) is 13.2 Å². The molecule has 0 aromatic heterocycles. The molecule has 1 aliphatic rings. The third-order valence-electron chi connectivity index (χ3n) is 4.05. The molecule has 1 saturated heterocycles. The van der Waals surface area contributed by atoms with Crippen molar-refractivity contribution in [3.8, 4) is 0 Å². The van der Waals surface area contributed by atoms with Crippen molar-refractivity contribution in [3.05, 3.63) is 34.3 Å². The summed E-state index contributed by atoms with van der Waals surface area (Å²) in [4.78, 5) is 18.8. The molecule has 0 aliphatic carbocycles. The summed E-state index contributed by atoms with van der Waals surface area (Å²) < 4.78 is 6.20. The number of benzene rings is 1. The van der Waals surface area contributed by atoms with Crippen molar-refractivity contribution < 1.29 is 9.53 Å². The minimum atomic E-state index is -0.0618. The number of nitrogens with zero attached hydrogens (tertiary/aromatic N) is 2. The summed E-state index contributed by atoms with van der Waals surface area (Å²) in [5.41, 5.74) is 1.17. The number of likely N-dealkylation sites (tertiary alicyclic amines) is 1. The Bertz CT molecular complexity index is 569. The van der Waals surface area contributed by atoms with E-state index in [0.717, 1.165) is 42.9 Å². The molecule has 0 spiro atoms. The Morgan fingerprint density at radius 3 is 2.75 bits per heavy atom. The maximum Gasteiger partial charge on any atom is 0.309 e. The standard InChI is InChI=1S/C18H26BrN3O2/c1-3-20-18(21-13-14-6-5-7-16(19)12-14)22-10-8-15(9-11-22)17(23)24-4-2/h5-7,12,15H,3-4,8-11,13H2,1-2H3,(H,20,21). The molecule has 0 radical (unpaired) electrons. The van der Waals surface area contributed by atoms with Gasteiger partial charge in [-0.2, -0.15) is 0 Å². The van der Waals surface area contributed by atoms with Gasteiger partial charge in [0.1, 0.15) is 0 Å². The third-order valence-corrected chi connectivity index (χ3v) is 4.54. The lowest BCUT2D eigenvalue weighted by Crippen LogP contribution is -2.46. The molecule has 6 heteroatoms. The molecule has 132 valence electrons. The van der Waals surface area contributed by atoms with E-state index in [1.807, 2.05) is 19.1 Å². The highest BCUT2D eigenvalue weighted by Gasteiger charge is 2.27. The second-order valence-corrected chi connectivity index (χ2v) is 6.73. The maximum absolute atomic E-state index is 11.9. The Kier molecular flexibility index (Phi) is 7.56. The van der Waals surface area contributed by atoms with E-state index >= 15 is 0 Å². The van der Waals surface area contributed by atoms with Crippen LogP contribution in [0.15, 0.2) is 33.7 Å². The van der Waals surface area contributed by atoms with Gasteiger partial charge in [-0.25, -0.2) is 4.99 Å². The molecule has 0 saturated carbocycles. The summed E-state index contributed by atoms with van der Waals surface area (Å²) in [7, 11) is 0. The number of carbonyl (C=O) groups is 1. The van der Waals surface area contributed by atoms with Crippen molar-refractivity contribution in [3.63, 3.8) is 0 Å². The number of aliphatic imine (C=N–C) groups is 1. The summed E-state index contributed by atoms with van der Waals surface area (Å²) >= 11 is 3.49. The molecule has 1 fully saturated rings. The molecular weight excluding hydrogens is 370 g/mol. The molecule has 0 amide bonds. The summed E-state index contributed by atoms with van der Waals surface area (Å²) in [5, 5.41) is 3.35. The van der Waals surface area contributed by atoms with Crippen molar-refractivity contribution in [2.24, 2.45) is 10.9 Å². The molecule has 0 bridgehead atoms. The van der Waals surface area contributed by atoms with E-state index in [1.165, 1.54) is 5.56 Å². The predicted octanol–water partition coefficient (Wildman–Crippen LogP) is 3.19. The lowest BCUT2D eigenvalue weighted by Gasteiger charge is -2.33. The quantitative estimate of drug-likeness (QED) is 0.472. The van der Waals surface area contributed by atoms with Gasteiger partial charge in [-0.05, 0) is 44.4 Å². The number of hydrogen-bond acceptors (Lipinski definition) is 3. The molecule has 0 atom stereocenters. The average molecular weight is 396 g/mol. The van der Waals surface area contributed by atoms with Gasteiger partial charge < -0.3 is 15.0 Å². The first kappa shape index (κ1) is 18.8. The Hall–Kier alpha value is -1.56. The van der Waals surface area contributed by atoms with Crippen LogP contribution in [-0.4, -0.2) is 43.1 Å². The molecule has 1 heterocycles. The van der Waals surface area contributed by atoms with Gasteiger partial charge in [0.05, 0.1) is 19.1 Å². The van der Waals surface area contributed by atoms with Crippen LogP contribution in [0.4, 0.5) is 0 Å². The summed E-state index contributed by atoms with van der Waals surface area (Å²) in [6.07, 6.45) is 1.64. The molecule has 1 aromatic rings. The fraction of sp³-hybridized carbons (Fsp3) is 0.556. The highest BCUT2D eigenvalue weighted by Crippen LogP contribution is 2.19. The van der Waals surface area contributed by atoms with E-state index in [-0.39, 0.29) is 11.9 Å². The Morgan fingerprint density at radius 2 is 2.12 bits per heavy atom. The molecule has 2 rings (SSSR count). The normalized spacial score (nSPS) is 16.1. The average Bonchev–Trinajstić information content (AvgIpc) is 2.59. The van der Waals surface area contributed by atoms with Crippen LogP contribution in [0, 0.1) is 5.92 Å². The van der Waals surface area contributed by atoms with Gasteiger partial charge in [0, 0.05) is 24.1 Å². The Labute approximate surface area is 152 Å². The highest BCUT2D eigenvalue weighted by molar-refractivity contribution is 9.10. The van der Waals surface area contributed by atoms with Gasteiger partial charge in [-0.3, -0.25) is 4.79 Å². The number of guanidine groups is 1. The van der Waals surface area contributed by atoms with Crippen LogP contribution in [0.1, 0.15) is 32.3 Å². The van der Waals surface area contributed by atoms with Crippen LogP contribution in [0.25, 0.3) is 0 Å². The van der Waals surface area contributed by atoms with E-state index in [2.05, 4.69) is 45.2 Å². The number of rotatable bonds is 5. The number of carbonyl (C=O) groups excluding carboxylic acids is 1. The highest BCUT2D eigenvalue weighted by atomic mass is 79.9. The monoisotopic (exact) mass is 395 g/mol. The van der Waals surface area contributed by atoms with Crippen LogP contribution < -0.4 is 5.32 Å². The lowest BCUT2D eigenvalue weighted by atomic mass is 9.97. The third kappa shape index (κ3) is 5.51. The smallest absolute Gasteiger partial charge is 0.309 e. The van der Waals surface area contributed by atoms with E-state index in [1.54, 1.807) is 0 Å². The fourth-order valence-corrected chi connectivity index (χ4v) is 3.26. The van der Waals surface area contributed by atoms with Gasteiger partial charge in [0.2, 0.25) is 0 Å². The first-order valence-electron chi connectivity index (χ1n) is 8.58. The van der Waals surface area contributed by atoms with Crippen molar-refractivity contribution in [1.29, 1.82) is 0 Å². The molecular formula is C18H26BrN3O2. The van der Waals surface area contributed by atoms with E-state index in [9.17, 15) is 4.79 Å². The second-order valence-electron chi connectivity index (χ2n) is 5.81. The van der Waals surface area contributed by atoms with Crippen molar-refractivity contribution in [2.75, 3.05) is 26.2 Å². The summed E-state index contributed by atoms with van der Waals surface area (Å²) in [5.74, 6) is 0.877. The molecule has 1 N–H and O–H groups in total. The van der Waals surface area contributed by atoms with Crippen molar-refractivity contribution in [1.82, 2.24) is 10.2 Å². The largest absolute Gasteiger partial charge is 0.466 e. The molecule has 5 nitrogen and oxygen atoms in total. The zero-order chi connectivity index (χ0) is 17.4. The summed E-state index contributed by atoms with van der Waals surface area (Å²) in [6.45, 7) is 7.50. The van der Waals surface area contributed by atoms with Crippen LogP contribution in [0.5, 0.6) is 0 Å². The Morgan fingerprint density at radius 1 is 1.38 bits per heavy atom. The van der Waals surface area contributed by atoms with Crippen LogP contribution in [-0.2, 0) is 16.1 Å². The number of ether oxygens (including phenoxy) is 1.